The highest BCUT2D eigenvalue weighted by atomic mass is 32.1. The highest BCUT2D eigenvalue weighted by Gasteiger charge is 2.33. The summed E-state index contributed by atoms with van der Waals surface area (Å²) >= 11 is 4.29. The number of carboxylic acids is 1. The molecule has 22 heavy (non-hydrogen) atoms. The third kappa shape index (κ3) is 4.50. The van der Waals surface area contributed by atoms with Crippen LogP contribution in [0.1, 0.15) is 31.2 Å². The maximum atomic E-state index is 12.5. The summed E-state index contributed by atoms with van der Waals surface area (Å²) in [5.41, 5.74) is 1.09. The van der Waals surface area contributed by atoms with Crippen LogP contribution in [0.15, 0.2) is 30.3 Å². The third-order valence-corrected chi connectivity index (χ3v) is 4.77. The first kappa shape index (κ1) is 16.9. The van der Waals surface area contributed by atoms with Gasteiger partial charge in [-0.2, -0.15) is 12.6 Å². The van der Waals surface area contributed by atoms with E-state index in [0.717, 1.165) is 24.8 Å². The van der Waals surface area contributed by atoms with E-state index in [1.165, 1.54) is 0 Å². The lowest BCUT2D eigenvalue weighted by Gasteiger charge is -2.30. The molecule has 0 aromatic heterocycles. The number of hydrogen-bond acceptors (Lipinski definition) is 3. The summed E-state index contributed by atoms with van der Waals surface area (Å²) in [6, 6.07) is 9.57. The topological polar surface area (TPSA) is 66.4 Å². The Morgan fingerprint density at radius 2 is 1.91 bits per heavy atom. The maximum Gasteiger partial charge on any atom is 0.308 e. The minimum absolute atomic E-state index is 0.0861. The number of nitrogens with one attached hydrogen (secondary N) is 1. The van der Waals surface area contributed by atoms with Crippen molar-refractivity contribution in [3.8, 4) is 0 Å². The van der Waals surface area contributed by atoms with E-state index in [9.17, 15) is 14.7 Å². The molecule has 1 fully saturated rings. The first-order chi connectivity index (χ1) is 10.6. The molecule has 2 rings (SSSR count). The fourth-order valence-corrected chi connectivity index (χ4v) is 3.33. The number of thiol groups is 1. The summed E-state index contributed by atoms with van der Waals surface area (Å²) in [5.74, 6) is -1.14. The molecule has 4 nitrogen and oxygen atoms in total. The molecule has 3 atom stereocenters. The van der Waals surface area contributed by atoms with E-state index < -0.39 is 11.9 Å². The van der Waals surface area contributed by atoms with Crippen molar-refractivity contribution in [3.63, 3.8) is 0 Å². The highest BCUT2D eigenvalue weighted by molar-refractivity contribution is 7.80. The van der Waals surface area contributed by atoms with Crippen molar-refractivity contribution >= 4 is 24.5 Å². The van der Waals surface area contributed by atoms with Crippen molar-refractivity contribution in [1.82, 2.24) is 5.32 Å². The molecule has 1 aromatic carbocycles. The van der Waals surface area contributed by atoms with Gasteiger partial charge in [0.05, 0.1) is 11.8 Å². The molecule has 1 aliphatic rings. The average molecular weight is 321 g/mol. The Morgan fingerprint density at radius 3 is 2.55 bits per heavy atom. The predicted molar refractivity (Wildman–Crippen MR) is 89.0 cm³/mol. The Bertz CT molecular complexity index is 506. The van der Waals surface area contributed by atoms with Gasteiger partial charge >= 0.3 is 5.97 Å². The zero-order valence-electron chi connectivity index (χ0n) is 12.6. The number of carboxylic acid groups (broad SMARTS) is 1. The second-order valence-corrected chi connectivity index (χ2v) is 6.28. The standard InChI is InChI=1S/C17H23NO3S/c19-16(13(11-22)10-12-6-2-1-3-7-12)18-15-9-5-4-8-14(15)17(20)21/h1-3,6-7,13-15,22H,4-5,8-11H2,(H,18,19)(H,20,21). The molecular formula is C17H23NO3S. The number of aliphatic carboxylic acids is 1. The summed E-state index contributed by atoms with van der Waals surface area (Å²) in [6.45, 7) is 0. The summed E-state index contributed by atoms with van der Waals surface area (Å²) < 4.78 is 0. The van der Waals surface area contributed by atoms with Gasteiger partial charge in [-0.05, 0) is 24.8 Å². The fraction of sp³-hybridized carbons (Fsp3) is 0.529. The minimum Gasteiger partial charge on any atom is -0.481 e. The van der Waals surface area contributed by atoms with Crippen LogP contribution in [0, 0.1) is 11.8 Å². The average Bonchev–Trinajstić information content (AvgIpc) is 2.53. The largest absolute Gasteiger partial charge is 0.481 e. The van der Waals surface area contributed by atoms with E-state index in [-0.39, 0.29) is 17.9 Å². The Kier molecular flexibility index (Phi) is 6.31. The van der Waals surface area contributed by atoms with Crippen LogP contribution >= 0.6 is 12.6 Å². The molecule has 1 aromatic rings. The number of rotatable bonds is 6. The summed E-state index contributed by atoms with van der Waals surface area (Å²) in [4.78, 5) is 23.8. The predicted octanol–water partition coefficient (Wildman–Crippen LogP) is 2.53. The Labute approximate surface area is 136 Å². The fourth-order valence-electron chi connectivity index (χ4n) is 3.04. The normalized spacial score (nSPS) is 22.8. The Hall–Kier alpha value is -1.49. The van der Waals surface area contributed by atoms with Crippen LogP contribution in [0.2, 0.25) is 0 Å². The molecule has 1 amide bonds. The molecule has 0 aliphatic heterocycles. The monoisotopic (exact) mass is 321 g/mol. The van der Waals surface area contributed by atoms with Crippen molar-refractivity contribution in [2.45, 2.75) is 38.1 Å². The van der Waals surface area contributed by atoms with Crippen molar-refractivity contribution in [2.75, 3.05) is 5.75 Å². The van der Waals surface area contributed by atoms with Crippen LogP contribution in [0.3, 0.4) is 0 Å². The quantitative estimate of drug-likeness (QED) is 0.705. The first-order valence-corrected chi connectivity index (χ1v) is 8.43. The van der Waals surface area contributed by atoms with Crippen LogP contribution in [-0.2, 0) is 16.0 Å². The summed E-state index contributed by atoms with van der Waals surface area (Å²) in [5, 5.41) is 12.2. The zero-order chi connectivity index (χ0) is 15.9. The molecule has 0 saturated heterocycles. The third-order valence-electron chi connectivity index (χ3n) is 4.33. The number of carbonyl (C=O) groups is 2. The van der Waals surface area contributed by atoms with Crippen molar-refractivity contribution in [1.29, 1.82) is 0 Å². The van der Waals surface area contributed by atoms with Gasteiger partial charge in [0, 0.05) is 11.8 Å². The second-order valence-electron chi connectivity index (χ2n) is 5.91. The van der Waals surface area contributed by atoms with Gasteiger partial charge in [-0.3, -0.25) is 9.59 Å². The molecule has 0 bridgehead atoms. The van der Waals surface area contributed by atoms with Crippen LogP contribution in [-0.4, -0.2) is 28.8 Å². The van der Waals surface area contributed by atoms with Crippen molar-refractivity contribution in [3.05, 3.63) is 35.9 Å². The number of carbonyl (C=O) groups excluding carboxylic acids is 1. The highest BCUT2D eigenvalue weighted by Crippen LogP contribution is 2.25. The molecule has 1 saturated carbocycles. The Balaban J connectivity index is 1.97. The smallest absolute Gasteiger partial charge is 0.308 e. The second kappa shape index (κ2) is 8.22. The van der Waals surface area contributed by atoms with Gasteiger partial charge < -0.3 is 10.4 Å². The van der Waals surface area contributed by atoms with Crippen LogP contribution < -0.4 is 5.32 Å². The lowest BCUT2D eigenvalue weighted by molar-refractivity contribution is -0.144. The van der Waals surface area contributed by atoms with Gasteiger partial charge in [0.25, 0.3) is 0 Å². The number of benzene rings is 1. The molecule has 5 heteroatoms. The number of hydrogen-bond donors (Lipinski definition) is 3. The lowest BCUT2D eigenvalue weighted by atomic mass is 9.84. The van der Waals surface area contributed by atoms with E-state index in [1.807, 2.05) is 30.3 Å². The van der Waals surface area contributed by atoms with Gasteiger partial charge in [0.1, 0.15) is 0 Å². The molecule has 0 heterocycles. The zero-order valence-corrected chi connectivity index (χ0v) is 13.5. The van der Waals surface area contributed by atoms with E-state index in [2.05, 4.69) is 17.9 Å². The lowest BCUT2D eigenvalue weighted by Crippen LogP contribution is -2.47. The van der Waals surface area contributed by atoms with Gasteiger partial charge in [0.15, 0.2) is 0 Å². The SMILES string of the molecule is O=C(NC1CCCCC1C(=O)O)C(CS)Cc1ccccc1. The van der Waals surface area contributed by atoms with E-state index in [1.54, 1.807) is 0 Å². The van der Waals surface area contributed by atoms with Crippen molar-refractivity contribution in [2.24, 2.45) is 11.8 Å². The number of amides is 1. The Morgan fingerprint density at radius 1 is 1.23 bits per heavy atom. The van der Waals surface area contributed by atoms with Gasteiger partial charge in [-0.25, -0.2) is 0 Å². The van der Waals surface area contributed by atoms with Crippen LogP contribution in [0.25, 0.3) is 0 Å². The van der Waals surface area contributed by atoms with Crippen molar-refractivity contribution < 1.29 is 14.7 Å². The summed E-state index contributed by atoms with van der Waals surface area (Å²) in [7, 11) is 0. The maximum absolute atomic E-state index is 12.5. The van der Waals surface area contributed by atoms with E-state index >= 15 is 0 Å². The minimum atomic E-state index is -0.810. The first-order valence-electron chi connectivity index (χ1n) is 7.79. The van der Waals surface area contributed by atoms with Gasteiger partial charge in [-0.15, -0.1) is 0 Å². The molecule has 1 aliphatic carbocycles. The van der Waals surface area contributed by atoms with Crippen LogP contribution in [0.5, 0.6) is 0 Å². The van der Waals surface area contributed by atoms with Gasteiger partial charge in [-0.1, -0.05) is 43.2 Å². The molecular weight excluding hydrogens is 298 g/mol. The molecule has 0 radical (unpaired) electrons. The van der Waals surface area contributed by atoms with Crippen LogP contribution in [0.4, 0.5) is 0 Å². The molecule has 120 valence electrons. The van der Waals surface area contributed by atoms with E-state index in [4.69, 9.17) is 0 Å². The molecule has 0 spiro atoms. The van der Waals surface area contributed by atoms with E-state index in [0.29, 0.717) is 18.6 Å². The summed E-state index contributed by atoms with van der Waals surface area (Å²) in [6.07, 6.45) is 3.90. The molecule has 2 N–H and O–H groups in total. The van der Waals surface area contributed by atoms with Gasteiger partial charge in [0.2, 0.25) is 5.91 Å². The molecule has 3 unspecified atom stereocenters.